The number of hydrogen-bond acceptors (Lipinski definition) is 6. The second-order valence-corrected chi connectivity index (χ2v) is 4.45. The Hall–Kier alpha value is -3.10. The lowest BCUT2D eigenvalue weighted by molar-refractivity contribution is 0.101. The van der Waals surface area contributed by atoms with Gasteiger partial charge in [-0.05, 0) is 42.0 Å². The van der Waals surface area contributed by atoms with Crippen LogP contribution in [0.25, 0.3) is 5.69 Å². The lowest BCUT2D eigenvalue weighted by Gasteiger charge is -2.08. The van der Waals surface area contributed by atoms with Crippen LogP contribution in [0, 0.1) is 13.8 Å². The van der Waals surface area contributed by atoms with Gasteiger partial charge in [-0.15, -0.1) is 10.2 Å². The largest absolute Gasteiger partial charge is 0.319 e. The quantitative estimate of drug-likeness (QED) is 0.729. The topological polar surface area (TPSA) is 114 Å². The molecule has 0 bridgehead atoms. The summed E-state index contributed by atoms with van der Waals surface area (Å²) >= 11 is 0. The molecule has 0 aliphatic carbocycles. The molecule has 2 aromatic heterocycles. The summed E-state index contributed by atoms with van der Waals surface area (Å²) in [6, 6.07) is 5.51. The van der Waals surface area contributed by atoms with Crippen molar-refractivity contribution < 1.29 is 4.79 Å². The number of benzene rings is 1. The maximum absolute atomic E-state index is 12.1. The van der Waals surface area contributed by atoms with Gasteiger partial charge < -0.3 is 5.32 Å². The smallest absolute Gasteiger partial charge is 0.295 e. The van der Waals surface area contributed by atoms with E-state index >= 15 is 0 Å². The molecule has 0 radical (unpaired) electrons. The van der Waals surface area contributed by atoms with Gasteiger partial charge >= 0.3 is 0 Å². The molecule has 0 spiro atoms. The van der Waals surface area contributed by atoms with Crippen molar-refractivity contribution in [1.29, 1.82) is 0 Å². The van der Waals surface area contributed by atoms with E-state index in [1.807, 2.05) is 19.1 Å². The van der Waals surface area contributed by atoms with Gasteiger partial charge in [-0.2, -0.15) is 0 Å². The minimum absolute atomic E-state index is 0.0970. The summed E-state index contributed by atoms with van der Waals surface area (Å²) in [5, 5.41) is 20.2. The van der Waals surface area contributed by atoms with Crippen molar-refractivity contribution >= 4 is 11.6 Å². The molecule has 0 saturated heterocycles. The molecule has 0 aliphatic heterocycles. The summed E-state index contributed by atoms with van der Waals surface area (Å²) in [7, 11) is 0. The van der Waals surface area contributed by atoms with E-state index in [4.69, 9.17) is 0 Å². The lowest BCUT2D eigenvalue weighted by atomic mass is 10.2. The molecule has 0 aliphatic rings. The van der Waals surface area contributed by atoms with Crippen LogP contribution in [0.2, 0.25) is 0 Å². The van der Waals surface area contributed by atoms with Gasteiger partial charge in [0.15, 0.2) is 0 Å². The summed E-state index contributed by atoms with van der Waals surface area (Å²) in [6.07, 6.45) is 1.48. The molecule has 2 N–H and O–H groups in total. The SMILES string of the molecule is Cc1nc(C(=O)Nc2cc(-n3cnnn3)ccc2C)n[nH]1. The molecule has 21 heavy (non-hydrogen) atoms. The van der Waals surface area contributed by atoms with E-state index in [0.29, 0.717) is 11.5 Å². The zero-order chi connectivity index (χ0) is 14.8. The summed E-state index contributed by atoms with van der Waals surface area (Å²) < 4.78 is 1.51. The first-order chi connectivity index (χ1) is 10.1. The van der Waals surface area contributed by atoms with Crippen LogP contribution in [0.5, 0.6) is 0 Å². The molecule has 9 nitrogen and oxygen atoms in total. The number of rotatable bonds is 3. The fraction of sp³-hybridized carbons (Fsp3) is 0.167. The third-order valence-corrected chi connectivity index (χ3v) is 2.88. The number of nitrogens with one attached hydrogen (secondary N) is 2. The number of carbonyl (C=O) groups excluding carboxylic acids is 1. The van der Waals surface area contributed by atoms with Crippen LogP contribution in [0.1, 0.15) is 22.0 Å². The van der Waals surface area contributed by atoms with Crippen LogP contribution in [-0.4, -0.2) is 41.3 Å². The van der Waals surface area contributed by atoms with E-state index in [-0.39, 0.29) is 11.7 Å². The number of hydrogen-bond donors (Lipinski definition) is 2. The third kappa shape index (κ3) is 2.61. The summed E-state index contributed by atoms with van der Waals surface area (Å²) in [5.41, 5.74) is 2.30. The number of aromatic amines is 1. The molecule has 2 heterocycles. The fourth-order valence-electron chi connectivity index (χ4n) is 1.79. The minimum atomic E-state index is -0.378. The highest BCUT2D eigenvalue weighted by atomic mass is 16.2. The van der Waals surface area contributed by atoms with Crippen LogP contribution >= 0.6 is 0 Å². The summed E-state index contributed by atoms with van der Waals surface area (Å²) in [6.45, 7) is 3.62. The van der Waals surface area contributed by atoms with Crippen LogP contribution in [0.4, 0.5) is 5.69 Å². The van der Waals surface area contributed by atoms with Crippen molar-refractivity contribution in [3.05, 3.63) is 41.7 Å². The molecular formula is C12H12N8O. The maximum atomic E-state index is 12.1. The van der Waals surface area contributed by atoms with Gasteiger partial charge in [-0.1, -0.05) is 6.07 Å². The van der Waals surface area contributed by atoms with E-state index in [1.54, 1.807) is 13.0 Å². The zero-order valence-electron chi connectivity index (χ0n) is 11.4. The van der Waals surface area contributed by atoms with Gasteiger partial charge in [0, 0.05) is 5.69 Å². The highest BCUT2D eigenvalue weighted by molar-refractivity contribution is 6.02. The standard InChI is InChI=1S/C12H12N8O/c1-7-3-4-9(20-6-13-18-19-20)5-10(7)15-12(21)11-14-8(2)16-17-11/h3-6H,1-2H3,(H,15,21)(H,14,16,17). The van der Waals surface area contributed by atoms with Gasteiger partial charge in [0.05, 0.1) is 5.69 Å². The number of H-pyrrole nitrogens is 1. The fourth-order valence-corrected chi connectivity index (χ4v) is 1.79. The predicted octanol–water partition coefficient (Wildman–Crippen LogP) is 0.650. The van der Waals surface area contributed by atoms with E-state index < -0.39 is 0 Å². The van der Waals surface area contributed by atoms with Crippen molar-refractivity contribution in [2.75, 3.05) is 5.32 Å². The van der Waals surface area contributed by atoms with Crippen molar-refractivity contribution in [2.45, 2.75) is 13.8 Å². The second-order valence-electron chi connectivity index (χ2n) is 4.45. The average molecular weight is 284 g/mol. The molecule has 9 heteroatoms. The first-order valence-corrected chi connectivity index (χ1v) is 6.18. The molecule has 0 atom stereocenters. The van der Waals surface area contributed by atoms with Crippen LogP contribution in [0.3, 0.4) is 0 Å². The highest BCUT2D eigenvalue weighted by Crippen LogP contribution is 2.19. The Bertz CT molecular complexity index is 776. The number of aromatic nitrogens is 7. The van der Waals surface area contributed by atoms with Gasteiger partial charge in [0.1, 0.15) is 12.2 Å². The van der Waals surface area contributed by atoms with Gasteiger partial charge in [-0.25, -0.2) is 9.67 Å². The van der Waals surface area contributed by atoms with Gasteiger partial charge in [0.2, 0.25) is 5.82 Å². The van der Waals surface area contributed by atoms with Crippen LogP contribution in [0.15, 0.2) is 24.5 Å². The Morgan fingerprint density at radius 3 is 2.86 bits per heavy atom. The van der Waals surface area contributed by atoms with Crippen molar-refractivity contribution in [3.63, 3.8) is 0 Å². The predicted molar refractivity (Wildman–Crippen MR) is 73.0 cm³/mol. The molecule has 1 aromatic carbocycles. The Morgan fingerprint density at radius 1 is 1.33 bits per heavy atom. The van der Waals surface area contributed by atoms with E-state index in [2.05, 4.69) is 36.0 Å². The van der Waals surface area contributed by atoms with Gasteiger partial charge in [-0.3, -0.25) is 9.89 Å². The summed E-state index contributed by atoms with van der Waals surface area (Å²) in [4.78, 5) is 16.1. The Morgan fingerprint density at radius 2 is 2.19 bits per heavy atom. The average Bonchev–Trinajstić information content (AvgIpc) is 3.12. The molecule has 0 unspecified atom stereocenters. The number of tetrazole rings is 1. The van der Waals surface area contributed by atoms with Gasteiger partial charge in [0.25, 0.3) is 5.91 Å². The first-order valence-electron chi connectivity index (χ1n) is 6.18. The Balaban J connectivity index is 1.88. The molecule has 3 aromatic rings. The molecule has 1 amide bonds. The Kier molecular flexibility index (Phi) is 3.14. The van der Waals surface area contributed by atoms with E-state index in [9.17, 15) is 4.79 Å². The van der Waals surface area contributed by atoms with Crippen molar-refractivity contribution in [3.8, 4) is 5.69 Å². The number of nitrogens with zero attached hydrogens (tertiary/aromatic N) is 6. The highest BCUT2D eigenvalue weighted by Gasteiger charge is 2.13. The Labute approximate surface area is 119 Å². The normalized spacial score (nSPS) is 10.6. The van der Waals surface area contributed by atoms with E-state index in [1.165, 1.54) is 11.0 Å². The number of amides is 1. The zero-order valence-corrected chi connectivity index (χ0v) is 11.4. The molecule has 0 saturated carbocycles. The third-order valence-electron chi connectivity index (χ3n) is 2.88. The monoisotopic (exact) mass is 284 g/mol. The van der Waals surface area contributed by atoms with Crippen molar-refractivity contribution in [2.24, 2.45) is 0 Å². The lowest BCUT2D eigenvalue weighted by Crippen LogP contribution is -2.15. The van der Waals surface area contributed by atoms with Crippen LogP contribution in [-0.2, 0) is 0 Å². The van der Waals surface area contributed by atoms with Crippen molar-refractivity contribution in [1.82, 2.24) is 35.4 Å². The van der Waals surface area contributed by atoms with E-state index in [0.717, 1.165) is 11.3 Å². The number of anilines is 1. The molecule has 3 rings (SSSR count). The molecular weight excluding hydrogens is 272 g/mol. The first kappa shape index (κ1) is 12.9. The summed E-state index contributed by atoms with van der Waals surface area (Å²) in [5.74, 6) is 0.301. The molecule has 0 fully saturated rings. The molecule has 106 valence electrons. The minimum Gasteiger partial charge on any atom is -0.319 e. The maximum Gasteiger partial charge on any atom is 0.295 e. The van der Waals surface area contributed by atoms with Crippen LogP contribution < -0.4 is 5.32 Å². The second kappa shape index (κ2) is 5.12. The number of carbonyl (C=O) groups is 1. The number of aryl methyl sites for hydroxylation is 2.